The Kier molecular flexibility index (Phi) is 6.55. The molecule has 0 spiro atoms. The lowest BCUT2D eigenvalue weighted by Crippen LogP contribution is -2.20. The van der Waals surface area contributed by atoms with E-state index in [1.165, 1.54) is 20.4 Å². The molecule has 0 bridgehead atoms. The van der Waals surface area contributed by atoms with Crippen LogP contribution in [0.2, 0.25) is 0 Å². The smallest absolute Gasteiger partial charge is 0.271 e. The summed E-state index contributed by atoms with van der Waals surface area (Å²) in [5.74, 6) is 0.383. The molecule has 0 heterocycles. The van der Waals surface area contributed by atoms with Crippen molar-refractivity contribution in [2.75, 3.05) is 20.8 Å². The molecule has 2 rings (SSSR count). The number of para-hydroxylation sites is 1. The van der Waals surface area contributed by atoms with Crippen molar-refractivity contribution in [3.8, 4) is 17.2 Å². The van der Waals surface area contributed by atoms with E-state index in [2.05, 4.69) is 10.5 Å². The Bertz CT molecular complexity index is 820. The molecule has 0 saturated heterocycles. The number of primary amides is 1. The molecule has 0 saturated carbocycles. The molecule has 2 amide bonds. The lowest BCUT2D eigenvalue weighted by atomic mass is 10.2. The molecule has 0 aliphatic rings. The first-order valence-corrected chi connectivity index (χ1v) is 7.60. The summed E-state index contributed by atoms with van der Waals surface area (Å²) in [6.45, 7) is -0.247. The van der Waals surface area contributed by atoms with Gasteiger partial charge in [-0.15, -0.1) is 0 Å². The van der Waals surface area contributed by atoms with Crippen molar-refractivity contribution >= 4 is 18.0 Å². The topological polar surface area (TPSA) is 112 Å². The minimum atomic E-state index is -0.585. The van der Waals surface area contributed by atoms with E-state index in [1.54, 1.807) is 42.5 Å². The van der Waals surface area contributed by atoms with E-state index in [0.717, 1.165) is 0 Å². The Morgan fingerprint density at radius 3 is 2.50 bits per heavy atom. The summed E-state index contributed by atoms with van der Waals surface area (Å²) in [7, 11) is 3.00. The maximum Gasteiger partial charge on any atom is 0.271 e. The highest BCUT2D eigenvalue weighted by Gasteiger charge is 2.10. The first-order valence-electron chi connectivity index (χ1n) is 7.60. The van der Waals surface area contributed by atoms with E-state index in [-0.39, 0.29) is 6.61 Å². The predicted molar refractivity (Wildman–Crippen MR) is 95.7 cm³/mol. The third-order valence-electron chi connectivity index (χ3n) is 3.30. The Morgan fingerprint density at radius 2 is 1.81 bits per heavy atom. The fourth-order valence-electron chi connectivity index (χ4n) is 2.07. The summed E-state index contributed by atoms with van der Waals surface area (Å²) >= 11 is 0. The van der Waals surface area contributed by atoms with Gasteiger partial charge in [-0.3, -0.25) is 9.59 Å². The van der Waals surface area contributed by atoms with Crippen LogP contribution in [-0.2, 0) is 4.79 Å². The number of hydrazone groups is 1. The number of rotatable bonds is 8. The second-order valence-corrected chi connectivity index (χ2v) is 5.06. The largest absolute Gasteiger partial charge is 0.493 e. The summed E-state index contributed by atoms with van der Waals surface area (Å²) in [5, 5.41) is 3.91. The van der Waals surface area contributed by atoms with E-state index in [4.69, 9.17) is 19.9 Å². The fourth-order valence-corrected chi connectivity index (χ4v) is 2.07. The van der Waals surface area contributed by atoms with E-state index in [0.29, 0.717) is 28.4 Å². The summed E-state index contributed by atoms with van der Waals surface area (Å²) in [6, 6.07) is 11.7. The highest BCUT2D eigenvalue weighted by molar-refractivity contribution is 5.95. The van der Waals surface area contributed by atoms with Crippen LogP contribution in [0.5, 0.6) is 17.2 Å². The van der Waals surface area contributed by atoms with Crippen LogP contribution in [0.3, 0.4) is 0 Å². The van der Waals surface area contributed by atoms with Crippen molar-refractivity contribution in [1.82, 2.24) is 5.43 Å². The summed E-state index contributed by atoms with van der Waals surface area (Å²) in [4.78, 5) is 23.0. The zero-order valence-corrected chi connectivity index (χ0v) is 14.4. The van der Waals surface area contributed by atoms with E-state index in [1.807, 2.05) is 0 Å². The number of methoxy groups -OCH3 is 2. The third kappa shape index (κ3) is 4.97. The molecular weight excluding hydrogens is 338 g/mol. The molecule has 0 aromatic heterocycles. The van der Waals surface area contributed by atoms with Crippen molar-refractivity contribution in [1.29, 1.82) is 0 Å². The van der Waals surface area contributed by atoms with Crippen LogP contribution >= 0.6 is 0 Å². The average molecular weight is 357 g/mol. The SMILES string of the molecule is COc1ccc(C(=O)N/N=C/c2ccccc2OCC(N)=O)cc1OC. The van der Waals surface area contributed by atoms with Crippen LogP contribution in [0.15, 0.2) is 47.6 Å². The number of nitrogens with two attached hydrogens (primary N) is 1. The van der Waals surface area contributed by atoms with Gasteiger partial charge in [0.15, 0.2) is 18.1 Å². The molecule has 2 aromatic rings. The number of hydrogen-bond donors (Lipinski definition) is 2. The van der Waals surface area contributed by atoms with E-state index >= 15 is 0 Å². The van der Waals surface area contributed by atoms with Crippen molar-refractivity contribution in [2.24, 2.45) is 10.8 Å². The third-order valence-corrected chi connectivity index (χ3v) is 3.30. The number of amides is 2. The van der Waals surface area contributed by atoms with Gasteiger partial charge in [-0.2, -0.15) is 5.10 Å². The molecule has 0 fully saturated rings. The van der Waals surface area contributed by atoms with Crippen molar-refractivity contribution in [3.05, 3.63) is 53.6 Å². The normalized spacial score (nSPS) is 10.4. The van der Waals surface area contributed by atoms with Crippen LogP contribution in [-0.4, -0.2) is 38.9 Å². The Labute approximate surface area is 150 Å². The summed E-state index contributed by atoms with van der Waals surface area (Å²) < 4.78 is 15.6. The number of nitrogens with zero attached hydrogens (tertiary/aromatic N) is 1. The Morgan fingerprint density at radius 1 is 1.08 bits per heavy atom. The first kappa shape index (κ1) is 18.8. The van der Waals surface area contributed by atoms with Crippen molar-refractivity contribution in [2.45, 2.75) is 0 Å². The van der Waals surface area contributed by atoms with Gasteiger partial charge in [0.2, 0.25) is 0 Å². The molecule has 8 heteroatoms. The summed E-state index contributed by atoms with van der Waals surface area (Å²) in [5.41, 5.74) is 8.42. The number of ether oxygens (including phenoxy) is 3. The van der Waals surface area contributed by atoms with Gasteiger partial charge in [0.05, 0.1) is 20.4 Å². The van der Waals surface area contributed by atoms with Crippen molar-refractivity contribution in [3.63, 3.8) is 0 Å². The molecule has 136 valence electrons. The van der Waals surface area contributed by atoms with Gasteiger partial charge in [-0.05, 0) is 30.3 Å². The van der Waals surface area contributed by atoms with Crippen LogP contribution in [0.25, 0.3) is 0 Å². The number of nitrogens with one attached hydrogen (secondary N) is 1. The molecule has 26 heavy (non-hydrogen) atoms. The molecule has 3 N–H and O–H groups in total. The van der Waals surface area contributed by atoms with Crippen LogP contribution in [0.1, 0.15) is 15.9 Å². The molecule has 8 nitrogen and oxygen atoms in total. The molecule has 0 unspecified atom stereocenters. The highest BCUT2D eigenvalue weighted by atomic mass is 16.5. The monoisotopic (exact) mass is 357 g/mol. The fraction of sp³-hybridized carbons (Fsp3) is 0.167. The quantitative estimate of drug-likeness (QED) is 0.547. The van der Waals surface area contributed by atoms with E-state index in [9.17, 15) is 9.59 Å². The lowest BCUT2D eigenvalue weighted by molar-refractivity contribution is -0.119. The molecular formula is C18H19N3O5. The minimum Gasteiger partial charge on any atom is -0.493 e. The van der Waals surface area contributed by atoms with Crippen LogP contribution in [0, 0.1) is 0 Å². The number of carbonyl (C=O) groups excluding carboxylic acids is 2. The predicted octanol–water partition coefficient (Wildman–Crippen LogP) is 1.33. The molecule has 0 atom stereocenters. The molecule has 2 aromatic carbocycles. The van der Waals surface area contributed by atoms with Gasteiger partial charge in [0, 0.05) is 11.1 Å². The lowest BCUT2D eigenvalue weighted by Gasteiger charge is -2.09. The number of hydrogen-bond acceptors (Lipinski definition) is 6. The molecule has 0 radical (unpaired) electrons. The maximum absolute atomic E-state index is 12.2. The van der Waals surface area contributed by atoms with Crippen molar-refractivity contribution < 1.29 is 23.8 Å². The van der Waals surface area contributed by atoms with E-state index < -0.39 is 11.8 Å². The van der Waals surface area contributed by atoms with Gasteiger partial charge in [0.1, 0.15) is 5.75 Å². The number of carbonyl (C=O) groups is 2. The number of benzene rings is 2. The van der Waals surface area contributed by atoms with Crippen LogP contribution in [0.4, 0.5) is 0 Å². The zero-order chi connectivity index (χ0) is 18.9. The van der Waals surface area contributed by atoms with Gasteiger partial charge in [-0.25, -0.2) is 5.43 Å². The van der Waals surface area contributed by atoms with Crippen LogP contribution < -0.4 is 25.4 Å². The maximum atomic E-state index is 12.2. The zero-order valence-electron chi connectivity index (χ0n) is 14.4. The second-order valence-electron chi connectivity index (χ2n) is 5.06. The minimum absolute atomic E-state index is 0.247. The summed E-state index contributed by atoms with van der Waals surface area (Å²) in [6.07, 6.45) is 1.41. The Balaban J connectivity index is 2.06. The average Bonchev–Trinajstić information content (AvgIpc) is 2.66. The van der Waals surface area contributed by atoms with Gasteiger partial charge in [-0.1, -0.05) is 12.1 Å². The first-order chi connectivity index (χ1) is 12.5. The second kappa shape index (κ2) is 9.07. The highest BCUT2D eigenvalue weighted by Crippen LogP contribution is 2.27. The molecule has 0 aliphatic carbocycles. The Hall–Kier alpha value is -3.55. The van der Waals surface area contributed by atoms with Gasteiger partial charge >= 0.3 is 0 Å². The van der Waals surface area contributed by atoms with Gasteiger partial charge in [0.25, 0.3) is 11.8 Å². The standard InChI is InChI=1S/C18H19N3O5/c1-24-15-8-7-12(9-16(15)25-2)18(23)21-20-10-13-5-3-4-6-14(13)26-11-17(19)22/h3-10H,11H2,1-2H3,(H2,19,22)(H,21,23)/b20-10+. The van der Waals surface area contributed by atoms with Gasteiger partial charge < -0.3 is 19.9 Å². The molecule has 0 aliphatic heterocycles.